The lowest BCUT2D eigenvalue weighted by molar-refractivity contribution is 0.0952. The van der Waals surface area contributed by atoms with E-state index in [0.717, 1.165) is 5.75 Å². The molecule has 0 aliphatic rings. The van der Waals surface area contributed by atoms with E-state index in [-0.39, 0.29) is 11.5 Å². The minimum Gasteiger partial charge on any atom is -0.457 e. The third kappa shape index (κ3) is 4.57. The number of aryl methyl sites for hydroxylation is 1. The van der Waals surface area contributed by atoms with Crippen molar-refractivity contribution in [2.24, 2.45) is 0 Å². The lowest BCUT2D eigenvalue weighted by Crippen LogP contribution is -2.30. The molecule has 0 aliphatic heterocycles. The first kappa shape index (κ1) is 17.4. The fraction of sp³-hybridized carbons (Fsp3) is 0.150. The predicted molar refractivity (Wildman–Crippen MR) is 98.5 cm³/mol. The van der Waals surface area contributed by atoms with Crippen LogP contribution in [0.4, 0.5) is 0 Å². The Bertz CT molecular complexity index is 935. The Hall–Kier alpha value is -3.41. The average molecular weight is 349 g/mol. The van der Waals surface area contributed by atoms with Crippen molar-refractivity contribution in [1.82, 2.24) is 14.9 Å². The van der Waals surface area contributed by atoms with Crippen LogP contribution < -0.4 is 15.6 Å². The van der Waals surface area contributed by atoms with Crippen LogP contribution >= 0.6 is 0 Å². The van der Waals surface area contributed by atoms with Crippen molar-refractivity contribution in [2.45, 2.75) is 13.5 Å². The topological polar surface area (TPSA) is 73.2 Å². The second-order valence-corrected chi connectivity index (χ2v) is 5.76. The monoisotopic (exact) mass is 349 g/mol. The summed E-state index contributed by atoms with van der Waals surface area (Å²) in [5.41, 5.74) is 1.07. The quantitative estimate of drug-likeness (QED) is 0.743. The molecule has 1 amide bonds. The highest BCUT2D eigenvalue weighted by Crippen LogP contribution is 2.21. The maximum absolute atomic E-state index is 12.2. The zero-order chi connectivity index (χ0) is 18.4. The molecule has 0 fully saturated rings. The second-order valence-electron chi connectivity index (χ2n) is 5.76. The molecule has 1 heterocycles. The minimum atomic E-state index is -0.204. The van der Waals surface area contributed by atoms with Crippen molar-refractivity contribution in [3.63, 3.8) is 0 Å². The lowest BCUT2D eigenvalue weighted by atomic mass is 10.2. The molecule has 132 valence electrons. The smallest absolute Gasteiger partial charge is 0.253 e. The van der Waals surface area contributed by atoms with Gasteiger partial charge in [0.15, 0.2) is 0 Å². The van der Waals surface area contributed by atoms with Gasteiger partial charge in [-0.25, -0.2) is 4.98 Å². The summed E-state index contributed by atoms with van der Waals surface area (Å²) in [5, 5.41) is 2.79. The molecule has 0 aliphatic carbocycles. The normalized spacial score (nSPS) is 10.3. The molecule has 1 N–H and O–H groups in total. The molecule has 0 saturated heterocycles. The molecular formula is C20H19N3O3. The number of benzene rings is 2. The molecule has 0 saturated carbocycles. The van der Waals surface area contributed by atoms with Gasteiger partial charge in [-0.3, -0.25) is 14.2 Å². The molecule has 1 aromatic heterocycles. The zero-order valence-corrected chi connectivity index (χ0v) is 14.4. The SMILES string of the molecule is Cc1cc(=O)n(CCNC(=O)c2ccc(Oc3ccccc3)cc2)cn1. The summed E-state index contributed by atoms with van der Waals surface area (Å²) >= 11 is 0. The number of carbonyl (C=O) groups excluding carboxylic acids is 1. The summed E-state index contributed by atoms with van der Waals surface area (Å²) in [6.07, 6.45) is 1.49. The van der Waals surface area contributed by atoms with Crippen LogP contribution in [0.15, 0.2) is 71.8 Å². The number of aromatic nitrogens is 2. The van der Waals surface area contributed by atoms with Crippen LogP contribution in [0.2, 0.25) is 0 Å². The summed E-state index contributed by atoms with van der Waals surface area (Å²) < 4.78 is 7.16. The molecule has 6 heteroatoms. The first-order valence-corrected chi connectivity index (χ1v) is 8.26. The molecule has 2 aromatic carbocycles. The first-order valence-electron chi connectivity index (χ1n) is 8.26. The van der Waals surface area contributed by atoms with Crippen molar-refractivity contribution >= 4 is 5.91 Å². The number of hydrogen-bond acceptors (Lipinski definition) is 4. The van der Waals surface area contributed by atoms with E-state index in [1.807, 2.05) is 30.3 Å². The third-order valence-corrected chi connectivity index (χ3v) is 3.75. The Labute approximate surface area is 151 Å². The van der Waals surface area contributed by atoms with Gasteiger partial charge < -0.3 is 10.1 Å². The predicted octanol–water partition coefficient (Wildman–Crippen LogP) is 2.77. The van der Waals surface area contributed by atoms with Crippen LogP contribution in [0.5, 0.6) is 11.5 Å². The van der Waals surface area contributed by atoms with Crippen LogP contribution in [0, 0.1) is 6.92 Å². The van der Waals surface area contributed by atoms with E-state index in [9.17, 15) is 9.59 Å². The standard InChI is InChI=1S/C20H19N3O3/c1-15-13-19(24)23(14-22-15)12-11-21-20(25)16-7-9-18(10-8-16)26-17-5-3-2-4-6-17/h2-10,13-14H,11-12H2,1H3,(H,21,25). The van der Waals surface area contributed by atoms with Crippen LogP contribution in [0.3, 0.4) is 0 Å². The largest absolute Gasteiger partial charge is 0.457 e. The summed E-state index contributed by atoms with van der Waals surface area (Å²) in [6, 6.07) is 17.8. The van der Waals surface area contributed by atoms with Gasteiger partial charge in [-0.15, -0.1) is 0 Å². The van der Waals surface area contributed by atoms with E-state index in [1.165, 1.54) is 17.0 Å². The van der Waals surface area contributed by atoms with Gasteiger partial charge >= 0.3 is 0 Å². The van der Waals surface area contributed by atoms with Gasteiger partial charge in [0, 0.05) is 30.4 Å². The molecule has 0 unspecified atom stereocenters. The minimum absolute atomic E-state index is 0.130. The molecule has 26 heavy (non-hydrogen) atoms. The molecule has 6 nitrogen and oxygen atoms in total. The Balaban J connectivity index is 1.54. The maximum atomic E-state index is 12.2. The first-order chi connectivity index (χ1) is 12.6. The number of amides is 1. The molecule has 0 spiro atoms. The highest BCUT2D eigenvalue weighted by molar-refractivity contribution is 5.94. The van der Waals surface area contributed by atoms with Crippen LogP contribution in [0.1, 0.15) is 16.1 Å². The van der Waals surface area contributed by atoms with E-state index in [2.05, 4.69) is 10.3 Å². The van der Waals surface area contributed by atoms with Gasteiger partial charge in [-0.1, -0.05) is 18.2 Å². The molecular weight excluding hydrogens is 330 g/mol. The Kier molecular flexibility index (Phi) is 5.43. The maximum Gasteiger partial charge on any atom is 0.253 e. The molecule has 0 bridgehead atoms. The van der Waals surface area contributed by atoms with Gasteiger partial charge in [0.25, 0.3) is 11.5 Å². The number of ether oxygens (including phenoxy) is 1. The zero-order valence-electron chi connectivity index (χ0n) is 14.4. The van der Waals surface area contributed by atoms with Crippen LogP contribution in [-0.4, -0.2) is 22.0 Å². The number of carbonyl (C=O) groups is 1. The molecule has 3 rings (SSSR count). The molecule has 3 aromatic rings. The van der Waals surface area contributed by atoms with Gasteiger partial charge in [0.1, 0.15) is 11.5 Å². The van der Waals surface area contributed by atoms with Gasteiger partial charge in [-0.2, -0.15) is 0 Å². The molecule has 0 atom stereocenters. The fourth-order valence-electron chi connectivity index (χ4n) is 2.38. The van der Waals surface area contributed by atoms with Crippen LogP contribution in [-0.2, 0) is 6.54 Å². The van der Waals surface area contributed by atoms with E-state index >= 15 is 0 Å². The number of nitrogens with zero attached hydrogens (tertiary/aromatic N) is 2. The van der Waals surface area contributed by atoms with Gasteiger partial charge in [0.2, 0.25) is 0 Å². The summed E-state index contributed by atoms with van der Waals surface area (Å²) in [7, 11) is 0. The van der Waals surface area contributed by atoms with Crippen molar-refractivity contribution < 1.29 is 9.53 Å². The Morgan fingerprint density at radius 3 is 2.46 bits per heavy atom. The Morgan fingerprint density at radius 1 is 1.08 bits per heavy atom. The summed E-state index contributed by atoms with van der Waals surface area (Å²) in [6.45, 7) is 2.47. The second kappa shape index (κ2) is 8.11. The van der Waals surface area contributed by atoms with E-state index in [4.69, 9.17) is 4.74 Å². The summed E-state index contributed by atoms with van der Waals surface area (Å²) in [5.74, 6) is 1.19. The lowest BCUT2D eigenvalue weighted by Gasteiger charge is -2.09. The van der Waals surface area contributed by atoms with Crippen molar-refractivity contribution in [3.8, 4) is 11.5 Å². The van der Waals surface area contributed by atoms with Gasteiger partial charge in [0.05, 0.1) is 6.33 Å². The Morgan fingerprint density at radius 2 is 1.77 bits per heavy atom. The summed E-state index contributed by atoms with van der Waals surface area (Å²) in [4.78, 5) is 28.0. The van der Waals surface area contributed by atoms with Crippen molar-refractivity contribution in [1.29, 1.82) is 0 Å². The van der Waals surface area contributed by atoms with E-state index in [1.54, 1.807) is 31.2 Å². The highest BCUT2D eigenvalue weighted by Gasteiger charge is 2.06. The highest BCUT2D eigenvalue weighted by atomic mass is 16.5. The third-order valence-electron chi connectivity index (χ3n) is 3.75. The number of nitrogens with one attached hydrogen (secondary N) is 1. The number of rotatable bonds is 6. The van der Waals surface area contributed by atoms with Crippen molar-refractivity contribution in [3.05, 3.63) is 88.6 Å². The van der Waals surface area contributed by atoms with Gasteiger partial charge in [-0.05, 0) is 43.3 Å². The number of hydrogen-bond donors (Lipinski definition) is 1. The van der Waals surface area contributed by atoms with E-state index < -0.39 is 0 Å². The van der Waals surface area contributed by atoms with Crippen molar-refractivity contribution in [2.75, 3.05) is 6.54 Å². The number of para-hydroxylation sites is 1. The van der Waals surface area contributed by atoms with Crippen LogP contribution in [0.25, 0.3) is 0 Å². The fourth-order valence-corrected chi connectivity index (χ4v) is 2.38. The molecule has 0 radical (unpaired) electrons. The van der Waals surface area contributed by atoms with E-state index in [0.29, 0.717) is 30.1 Å². The average Bonchev–Trinajstić information content (AvgIpc) is 2.65.